The van der Waals surface area contributed by atoms with Crippen LogP contribution >= 0.6 is 0 Å². The Balaban J connectivity index is 1.66. The maximum atomic E-state index is 4.50. The minimum Gasteiger partial charge on any atom is -0.286 e. The summed E-state index contributed by atoms with van der Waals surface area (Å²) in [5.74, 6) is 1.39. The van der Waals surface area contributed by atoms with Gasteiger partial charge in [-0.3, -0.25) is 4.90 Å². The summed E-state index contributed by atoms with van der Waals surface area (Å²) in [6.07, 6.45) is 3.69. The van der Waals surface area contributed by atoms with Gasteiger partial charge in [0.1, 0.15) is 0 Å². The summed E-state index contributed by atoms with van der Waals surface area (Å²) >= 11 is 0. The van der Waals surface area contributed by atoms with E-state index in [0.29, 0.717) is 18.5 Å². The SMILES string of the molecule is CC(C)[C@@H](c1nnnn1Cc1ccccc1)N1CCCC[C@H]1c1ccccc1. The average molecular weight is 376 g/mol. The van der Waals surface area contributed by atoms with Crippen LogP contribution in [-0.4, -0.2) is 31.7 Å². The molecule has 0 unspecified atom stereocenters. The van der Waals surface area contributed by atoms with Crippen molar-refractivity contribution < 1.29 is 0 Å². The first kappa shape index (κ1) is 18.8. The second-order valence-corrected chi connectivity index (χ2v) is 8.03. The zero-order chi connectivity index (χ0) is 19.3. The Hall–Kier alpha value is -2.53. The molecule has 5 nitrogen and oxygen atoms in total. The predicted octanol–water partition coefficient (Wildman–Crippen LogP) is 4.65. The molecule has 28 heavy (non-hydrogen) atoms. The van der Waals surface area contributed by atoms with Crippen LogP contribution in [0.3, 0.4) is 0 Å². The molecule has 1 aromatic heterocycles. The van der Waals surface area contributed by atoms with Gasteiger partial charge in [-0.15, -0.1) is 5.10 Å². The molecule has 0 spiro atoms. The monoisotopic (exact) mass is 375 g/mol. The van der Waals surface area contributed by atoms with Crippen LogP contribution in [0.2, 0.25) is 0 Å². The quantitative estimate of drug-likeness (QED) is 0.629. The summed E-state index contributed by atoms with van der Waals surface area (Å²) < 4.78 is 1.98. The van der Waals surface area contributed by atoms with Gasteiger partial charge in [0.25, 0.3) is 0 Å². The first-order valence-electron chi connectivity index (χ1n) is 10.3. The zero-order valence-corrected chi connectivity index (χ0v) is 16.8. The maximum absolute atomic E-state index is 4.50. The van der Waals surface area contributed by atoms with Crippen LogP contribution in [0.25, 0.3) is 0 Å². The van der Waals surface area contributed by atoms with Crippen LogP contribution in [0.15, 0.2) is 60.7 Å². The van der Waals surface area contributed by atoms with Crippen LogP contribution in [0, 0.1) is 5.92 Å². The molecule has 146 valence electrons. The van der Waals surface area contributed by atoms with Crippen LogP contribution in [0.4, 0.5) is 0 Å². The molecule has 0 bridgehead atoms. The first-order chi connectivity index (χ1) is 13.7. The molecule has 0 radical (unpaired) electrons. The normalized spacial score (nSPS) is 19.0. The maximum Gasteiger partial charge on any atom is 0.169 e. The molecule has 2 aromatic carbocycles. The van der Waals surface area contributed by atoms with Gasteiger partial charge in [-0.05, 0) is 46.9 Å². The Labute approximate surface area is 167 Å². The zero-order valence-electron chi connectivity index (χ0n) is 16.8. The summed E-state index contributed by atoms with van der Waals surface area (Å²) in [5.41, 5.74) is 2.62. The van der Waals surface area contributed by atoms with E-state index in [-0.39, 0.29) is 6.04 Å². The van der Waals surface area contributed by atoms with E-state index in [9.17, 15) is 0 Å². The highest BCUT2D eigenvalue weighted by molar-refractivity contribution is 5.21. The fourth-order valence-electron chi connectivity index (χ4n) is 4.44. The van der Waals surface area contributed by atoms with Gasteiger partial charge in [0, 0.05) is 6.04 Å². The molecule has 2 atom stereocenters. The second kappa shape index (κ2) is 8.65. The van der Waals surface area contributed by atoms with Gasteiger partial charge in [-0.1, -0.05) is 80.9 Å². The van der Waals surface area contributed by atoms with Crippen LogP contribution in [-0.2, 0) is 6.54 Å². The number of rotatable bonds is 6. The molecule has 5 heteroatoms. The lowest BCUT2D eigenvalue weighted by atomic mass is 9.90. The number of hydrogen-bond acceptors (Lipinski definition) is 4. The Morgan fingerprint density at radius 2 is 1.68 bits per heavy atom. The van der Waals surface area contributed by atoms with Crippen molar-refractivity contribution >= 4 is 0 Å². The van der Waals surface area contributed by atoms with E-state index in [2.05, 4.69) is 88.9 Å². The molecule has 0 N–H and O–H groups in total. The van der Waals surface area contributed by atoms with Crippen molar-refractivity contribution in [1.82, 2.24) is 25.1 Å². The number of piperidine rings is 1. The van der Waals surface area contributed by atoms with Gasteiger partial charge in [-0.2, -0.15) is 0 Å². The number of hydrogen-bond donors (Lipinski definition) is 0. The molecule has 1 aliphatic heterocycles. The molecule has 0 aliphatic carbocycles. The number of nitrogens with zero attached hydrogens (tertiary/aromatic N) is 5. The van der Waals surface area contributed by atoms with Gasteiger partial charge < -0.3 is 0 Å². The molecule has 2 heterocycles. The van der Waals surface area contributed by atoms with Gasteiger partial charge in [0.05, 0.1) is 12.6 Å². The van der Waals surface area contributed by atoms with Crippen molar-refractivity contribution in [3.63, 3.8) is 0 Å². The lowest BCUT2D eigenvalue weighted by Gasteiger charge is -2.42. The molecular weight excluding hydrogens is 346 g/mol. The van der Waals surface area contributed by atoms with Crippen molar-refractivity contribution in [3.05, 3.63) is 77.6 Å². The van der Waals surface area contributed by atoms with Crippen molar-refractivity contribution in [2.75, 3.05) is 6.54 Å². The molecule has 0 saturated carbocycles. The van der Waals surface area contributed by atoms with E-state index in [0.717, 1.165) is 12.4 Å². The summed E-state index contributed by atoms with van der Waals surface area (Å²) in [7, 11) is 0. The molecular formula is C23H29N5. The van der Waals surface area contributed by atoms with Gasteiger partial charge in [0.15, 0.2) is 5.82 Å². The largest absolute Gasteiger partial charge is 0.286 e. The van der Waals surface area contributed by atoms with Crippen LogP contribution < -0.4 is 0 Å². The number of aromatic nitrogens is 4. The highest BCUT2D eigenvalue weighted by Gasteiger charge is 2.35. The minimum atomic E-state index is 0.198. The first-order valence-corrected chi connectivity index (χ1v) is 10.3. The lowest BCUT2D eigenvalue weighted by molar-refractivity contribution is 0.0604. The molecule has 3 aromatic rings. The van der Waals surface area contributed by atoms with E-state index in [4.69, 9.17) is 0 Å². The minimum absolute atomic E-state index is 0.198. The molecule has 0 amide bonds. The van der Waals surface area contributed by atoms with Gasteiger partial charge in [0.2, 0.25) is 0 Å². The Bertz CT molecular complexity index is 859. The van der Waals surface area contributed by atoms with Crippen LogP contribution in [0.5, 0.6) is 0 Å². The lowest BCUT2D eigenvalue weighted by Crippen LogP contribution is -2.40. The topological polar surface area (TPSA) is 46.8 Å². The van der Waals surface area contributed by atoms with Crippen molar-refractivity contribution in [2.45, 2.75) is 51.7 Å². The number of benzene rings is 2. The number of likely N-dealkylation sites (tertiary alicyclic amines) is 1. The van der Waals surface area contributed by atoms with E-state index < -0.39 is 0 Å². The van der Waals surface area contributed by atoms with Gasteiger partial charge >= 0.3 is 0 Å². The van der Waals surface area contributed by atoms with Crippen LogP contribution in [0.1, 0.15) is 62.1 Å². The van der Waals surface area contributed by atoms with E-state index in [1.54, 1.807) is 0 Å². The fourth-order valence-corrected chi connectivity index (χ4v) is 4.44. The van der Waals surface area contributed by atoms with Crippen molar-refractivity contribution in [1.29, 1.82) is 0 Å². The van der Waals surface area contributed by atoms with Crippen molar-refractivity contribution in [3.8, 4) is 0 Å². The van der Waals surface area contributed by atoms with E-state index in [1.165, 1.54) is 30.4 Å². The molecule has 1 aliphatic rings. The highest BCUT2D eigenvalue weighted by atomic mass is 15.6. The summed E-state index contributed by atoms with van der Waals surface area (Å²) in [6, 6.07) is 21.9. The Morgan fingerprint density at radius 1 is 0.964 bits per heavy atom. The third-order valence-corrected chi connectivity index (χ3v) is 5.72. The molecule has 1 saturated heterocycles. The predicted molar refractivity (Wildman–Crippen MR) is 111 cm³/mol. The summed E-state index contributed by atoms with van der Waals surface area (Å²) in [5, 5.41) is 12.9. The standard InChI is InChI=1S/C23H29N5/c1-18(2)22(23-24-25-26-28(23)17-19-11-5-3-6-12-19)27-16-10-9-15-21(27)20-13-7-4-8-14-20/h3-8,11-14,18,21-22H,9-10,15-17H2,1-2H3/t21-,22-/m0/s1. The molecule has 4 rings (SSSR count). The summed E-state index contributed by atoms with van der Waals surface area (Å²) in [6.45, 7) is 6.35. The van der Waals surface area contributed by atoms with E-state index in [1.807, 2.05) is 10.7 Å². The Kier molecular flexibility index (Phi) is 5.81. The fraction of sp³-hybridized carbons (Fsp3) is 0.435. The molecule has 1 fully saturated rings. The Morgan fingerprint density at radius 3 is 2.39 bits per heavy atom. The third-order valence-electron chi connectivity index (χ3n) is 5.72. The van der Waals surface area contributed by atoms with Gasteiger partial charge in [-0.25, -0.2) is 4.68 Å². The third kappa shape index (κ3) is 3.99. The smallest absolute Gasteiger partial charge is 0.169 e. The van der Waals surface area contributed by atoms with Crippen molar-refractivity contribution in [2.24, 2.45) is 5.92 Å². The summed E-state index contributed by atoms with van der Waals surface area (Å²) in [4.78, 5) is 2.64. The second-order valence-electron chi connectivity index (χ2n) is 8.03. The highest BCUT2D eigenvalue weighted by Crippen LogP contribution is 2.40. The number of tetrazole rings is 1. The van der Waals surface area contributed by atoms with E-state index >= 15 is 0 Å². The average Bonchev–Trinajstić information content (AvgIpc) is 3.17.